The van der Waals surface area contributed by atoms with Crippen molar-refractivity contribution in [2.24, 2.45) is 11.7 Å². The van der Waals surface area contributed by atoms with Crippen molar-refractivity contribution in [2.75, 3.05) is 6.54 Å². The van der Waals surface area contributed by atoms with Crippen LogP contribution in [0.2, 0.25) is 5.02 Å². The van der Waals surface area contributed by atoms with E-state index in [4.69, 9.17) is 17.3 Å². The zero-order valence-electron chi connectivity index (χ0n) is 10.4. The maximum Gasteiger partial charge on any atom is 0.0574 e. The summed E-state index contributed by atoms with van der Waals surface area (Å²) in [6.07, 6.45) is 4.02. The van der Waals surface area contributed by atoms with Crippen molar-refractivity contribution in [3.8, 4) is 0 Å². The topological polar surface area (TPSA) is 46.2 Å². The molecule has 18 heavy (non-hydrogen) atoms. The van der Waals surface area contributed by atoms with E-state index in [1.807, 2.05) is 24.3 Å². The third-order valence-electron chi connectivity index (χ3n) is 3.86. The van der Waals surface area contributed by atoms with Gasteiger partial charge in [0.2, 0.25) is 0 Å². The third kappa shape index (κ3) is 3.39. The fourth-order valence-corrected chi connectivity index (χ4v) is 3.19. The molecule has 0 bridgehead atoms. The normalized spacial score (nSPS) is 25.3. The van der Waals surface area contributed by atoms with Crippen molar-refractivity contribution in [3.63, 3.8) is 0 Å². The molecule has 1 aliphatic carbocycles. The second-order valence-electron chi connectivity index (χ2n) is 4.88. The van der Waals surface area contributed by atoms with Crippen molar-refractivity contribution >= 4 is 24.0 Å². The van der Waals surface area contributed by atoms with Crippen LogP contribution in [-0.4, -0.2) is 17.8 Å². The first-order chi connectivity index (χ1) is 8.24. The van der Waals surface area contributed by atoms with Crippen molar-refractivity contribution in [2.45, 2.75) is 37.7 Å². The molecule has 0 amide bonds. The van der Waals surface area contributed by atoms with E-state index in [0.29, 0.717) is 6.54 Å². The summed E-state index contributed by atoms with van der Waals surface area (Å²) in [5.41, 5.74) is 6.98. The van der Waals surface area contributed by atoms with Gasteiger partial charge in [0, 0.05) is 10.9 Å². The van der Waals surface area contributed by atoms with Gasteiger partial charge in [0.05, 0.1) is 6.10 Å². The first kappa shape index (κ1) is 15.8. The largest absolute Gasteiger partial charge is 0.393 e. The van der Waals surface area contributed by atoms with Crippen LogP contribution in [-0.2, 0) is 0 Å². The zero-order valence-corrected chi connectivity index (χ0v) is 12.0. The number of hydrogen-bond acceptors (Lipinski definition) is 2. The van der Waals surface area contributed by atoms with Gasteiger partial charge in [0.25, 0.3) is 0 Å². The van der Waals surface area contributed by atoms with Crippen molar-refractivity contribution in [1.82, 2.24) is 0 Å². The molecule has 1 aliphatic rings. The summed E-state index contributed by atoms with van der Waals surface area (Å²) < 4.78 is 0. The van der Waals surface area contributed by atoms with Gasteiger partial charge in [-0.2, -0.15) is 0 Å². The Morgan fingerprint density at radius 2 is 1.94 bits per heavy atom. The Hall–Kier alpha value is -0.280. The molecule has 2 nitrogen and oxygen atoms in total. The van der Waals surface area contributed by atoms with E-state index in [1.54, 1.807) is 0 Å². The Balaban J connectivity index is 0.00000162. The second kappa shape index (κ2) is 7.34. The number of aliphatic hydroxyl groups excluding tert-OH is 1. The minimum absolute atomic E-state index is 0. The van der Waals surface area contributed by atoms with Crippen LogP contribution < -0.4 is 5.73 Å². The molecular weight excluding hydrogens is 269 g/mol. The lowest BCUT2D eigenvalue weighted by Gasteiger charge is -2.34. The van der Waals surface area contributed by atoms with Crippen LogP contribution in [0.25, 0.3) is 0 Å². The monoisotopic (exact) mass is 289 g/mol. The molecule has 0 unspecified atom stereocenters. The number of halogens is 2. The lowest BCUT2D eigenvalue weighted by molar-refractivity contribution is 0.0561. The molecule has 3 atom stereocenters. The molecule has 0 radical (unpaired) electrons. The fourth-order valence-electron chi connectivity index (χ4n) is 2.92. The van der Waals surface area contributed by atoms with Gasteiger partial charge >= 0.3 is 0 Å². The highest BCUT2D eigenvalue weighted by Crippen LogP contribution is 2.38. The minimum Gasteiger partial charge on any atom is -0.393 e. The lowest BCUT2D eigenvalue weighted by Crippen LogP contribution is -2.33. The number of rotatable bonds is 3. The molecule has 1 aromatic carbocycles. The van der Waals surface area contributed by atoms with Gasteiger partial charge in [-0.05, 0) is 36.9 Å². The van der Waals surface area contributed by atoms with E-state index in [1.165, 1.54) is 6.42 Å². The number of hydrogen-bond donors (Lipinski definition) is 2. The van der Waals surface area contributed by atoms with Crippen LogP contribution in [0.15, 0.2) is 24.3 Å². The van der Waals surface area contributed by atoms with Gasteiger partial charge in [-0.25, -0.2) is 0 Å². The highest BCUT2D eigenvalue weighted by Gasteiger charge is 2.31. The van der Waals surface area contributed by atoms with Gasteiger partial charge in [-0.1, -0.05) is 42.6 Å². The summed E-state index contributed by atoms with van der Waals surface area (Å²) in [7, 11) is 0. The van der Waals surface area contributed by atoms with Crippen LogP contribution >= 0.6 is 24.0 Å². The van der Waals surface area contributed by atoms with Crippen molar-refractivity contribution < 1.29 is 5.11 Å². The third-order valence-corrected chi connectivity index (χ3v) is 4.20. The van der Waals surface area contributed by atoms with Crippen LogP contribution in [0.4, 0.5) is 0 Å². The van der Waals surface area contributed by atoms with Crippen LogP contribution in [0, 0.1) is 5.92 Å². The number of nitrogens with two attached hydrogens (primary N) is 1. The Bertz CT molecular complexity index is 373. The number of benzene rings is 1. The van der Waals surface area contributed by atoms with Gasteiger partial charge in [-0.3, -0.25) is 0 Å². The summed E-state index contributed by atoms with van der Waals surface area (Å²) in [6.45, 7) is 0.547. The molecular formula is C14H21Cl2NO. The molecule has 102 valence electrons. The molecule has 3 N–H and O–H groups in total. The molecule has 0 aliphatic heterocycles. The average molecular weight is 290 g/mol. The molecule has 4 heteroatoms. The maximum absolute atomic E-state index is 10.1. The molecule has 1 saturated carbocycles. The maximum atomic E-state index is 10.1. The highest BCUT2D eigenvalue weighted by molar-refractivity contribution is 6.31. The lowest BCUT2D eigenvalue weighted by atomic mass is 9.75. The summed E-state index contributed by atoms with van der Waals surface area (Å²) >= 11 is 6.23. The van der Waals surface area contributed by atoms with Crippen molar-refractivity contribution in [1.29, 1.82) is 0 Å². The van der Waals surface area contributed by atoms with Crippen LogP contribution in [0.1, 0.15) is 37.2 Å². The van der Waals surface area contributed by atoms with Crippen molar-refractivity contribution in [3.05, 3.63) is 34.9 Å². The Labute approximate surface area is 120 Å². The summed E-state index contributed by atoms with van der Waals surface area (Å²) in [5, 5.41) is 10.9. The zero-order chi connectivity index (χ0) is 12.3. The number of aliphatic hydroxyl groups is 1. The Morgan fingerprint density at radius 3 is 2.56 bits per heavy atom. The molecule has 2 rings (SSSR count). The predicted octanol–water partition coefficient (Wildman–Crippen LogP) is 3.36. The second-order valence-corrected chi connectivity index (χ2v) is 5.29. The van der Waals surface area contributed by atoms with E-state index in [-0.39, 0.29) is 30.3 Å². The van der Waals surface area contributed by atoms with Gasteiger partial charge in [0.15, 0.2) is 0 Å². The summed E-state index contributed by atoms with van der Waals surface area (Å²) in [6, 6.07) is 7.84. The van der Waals surface area contributed by atoms with E-state index in [9.17, 15) is 5.11 Å². The minimum atomic E-state index is -0.228. The fraction of sp³-hybridized carbons (Fsp3) is 0.571. The van der Waals surface area contributed by atoms with Gasteiger partial charge < -0.3 is 10.8 Å². The molecule has 0 saturated heterocycles. The predicted molar refractivity (Wildman–Crippen MR) is 78.5 cm³/mol. The molecule has 0 aromatic heterocycles. The standard InChI is InChI=1S/C14H20ClNO.ClH/c15-13-7-3-1-5-10(13)12(9-16)11-6-2-4-8-14(11)17;/h1,3,5,7,11-12,14,17H,2,4,6,8-9,16H2;1H/t11-,12+,14-;/m1./s1. The summed E-state index contributed by atoms with van der Waals surface area (Å²) in [4.78, 5) is 0. The molecule has 1 fully saturated rings. The first-order valence-electron chi connectivity index (χ1n) is 6.36. The Morgan fingerprint density at radius 1 is 1.28 bits per heavy atom. The van der Waals surface area contributed by atoms with Crippen LogP contribution in [0.5, 0.6) is 0 Å². The van der Waals surface area contributed by atoms with Gasteiger partial charge in [-0.15, -0.1) is 12.4 Å². The molecule has 0 heterocycles. The average Bonchev–Trinajstić information content (AvgIpc) is 2.34. The Kier molecular flexibility index (Phi) is 6.44. The SMILES string of the molecule is Cl.NC[C@@H](c1ccccc1Cl)[C@H]1CCCC[C@H]1O. The van der Waals surface area contributed by atoms with Crippen LogP contribution in [0.3, 0.4) is 0 Å². The summed E-state index contributed by atoms with van der Waals surface area (Å²) in [5.74, 6) is 0.438. The molecule has 0 spiro atoms. The van der Waals surface area contributed by atoms with E-state index in [2.05, 4.69) is 0 Å². The van der Waals surface area contributed by atoms with E-state index < -0.39 is 0 Å². The van der Waals surface area contributed by atoms with Gasteiger partial charge in [0.1, 0.15) is 0 Å². The van der Waals surface area contributed by atoms with E-state index >= 15 is 0 Å². The smallest absolute Gasteiger partial charge is 0.0574 e. The first-order valence-corrected chi connectivity index (χ1v) is 6.74. The highest BCUT2D eigenvalue weighted by atomic mass is 35.5. The molecule has 1 aromatic rings. The quantitative estimate of drug-likeness (QED) is 0.896. The van der Waals surface area contributed by atoms with E-state index in [0.717, 1.165) is 29.8 Å².